The molecular formula is C11H14N2O4S. The Balaban J connectivity index is 2.44. The SMILES string of the molecule is CC(=O)Nc1ccc2c(c1)N(S(C)(=O)=O)CCO2. The van der Waals surface area contributed by atoms with E-state index in [-0.39, 0.29) is 12.5 Å². The Bertz CT molecular complexity index is 583. The highest BCUT2D eigenvalue weighted by atomic mass is 32.2. The van der Waals surface area contributed by atoms with Crippen molar-refractivity contribution < 1.29 is 17.9 Å². The van der Waals surface area contributed by atoms with E-state index in [9.17, 15) is 13.2 Å². The lowest BCUT2D eigenvalue weighted by Gasteiger charge is -2.29. The molecule has 1 N–H and O–H groups in total. The van der Waals surface area contributed by atoms with Gasteiger partial charge in [-0.3, -0.25) is 9.10 Å². The van der Waals surface area contributed by atoms with Gasteiger partial charge >= 0.3 is 0 Å². The minimum absolute atomic E-state index is 0.211. The molecular weight excluding hydrogens is 256 g/mol. The van der Waals surface area contributed by atoms with Crippen molar-refractivity contribution >= 4 is 27.3 Å². The lowest BCUT2D eigenvalue weighted by Crippen LogP contribution is -2.37. The molecule has 1 aliphatic heterocycles. The maximum atomic E-state index is 11.7. The molecule has 0 unspecified atom stereocenters. The molecule has 1 heterocycles. The van der Waals surface area contributed by atoms with Crippen molar-refractivity contribution in [2.45, 2.75) is 6.92 Å². The van der Waals surface area contributed by atoms with Gasteiger partial charge in [0.05, 0.1) is 18.5 Å². The Morgan fingerprint density at radius 2 is 2.17 bits per heavy atom. The Morgan fingerprint density at radius 3 is 2.78 bits per heavy atom. The summed E-state index contributed by atoms with van der Waals surface area (Å²) in [5, 5.41) is 2.61. The maximum Gasteiger partial charge on any atom is 0.232 e. The molecule has 1 aromatic carbocycles. The third-order valence-corrected chi connectivity index (χ3v) is 3.68. The van der Waals surface area contributed by atoms with Gasteiger partial charge in [-0.05, 0) is 18.2 Å². The number of nitrogens with one attached hydrogen (secondary N) is 1. The van der Waals surface area contributed by atoms with Crippen LogP contribution in [0.2, 0.25) is 0 Å². The number of carbonyl (C=O) groups excluding carboxylic acids is 1. The first-order valence-electron chi connectivity index (χ1n) is 5.40. The van der Waals surface area contributed by atoms with Crippen molar-refractivity contribution in [2.75, 3.05) is 29.0 Å². The van der Waals surface area contributed by atoms with Crippen LogP contribution in [-0.4, -0.2) is 33.7 Å². The van der Waals surface area contributed by atoms with E-state index in [1.165, 1.54) is 11.2 Å². The fourth-order valence-corrected chi connectivity index (χ4v) is 2.72. The van der Waals surface area contributed by atoms with Crippen molar-refractivity contribution in [3.05, 3.63) is 18.2 Å². The number of anilines is 2. The first kappa shape index (κ1) is 12.7. The number of fused-ring (bicyclic) bond motifs is 1. The van der Waals surface area contributed by atoms with E-state index >= 15 is 0 Å². The van der Waals surface area contributed by atoms with Gasteiger partial charge in [0.15, 0.2) is 0 Å². The topological polar surface area (TPSA) is 75.7 Å². The van der Waals surface area contributed by atoms with Crippen molar-refractivity contribution in [3.63, 3.8) is 0 Å². The van der Waals surface area contributed by atoms with Gasteiger partial charge in [0.1, 0.15) is 12.4 Å². The van der Waals surface area contributed by atoms with Crippen molar-refractivity contribution in [2.24, 2.45) is 0 Å². The third-order valence-electron chi connectivity index (χ3n) is 2.50. The van der Waals surface area contributed by atoms with Crippen LogP contribution < -0.4 is 14.4 Å². The van der Waals surface area contributed by atoms with Crippen LogP contribution in [0, 0.1) is 0 Å². The first-order chi connectivity index (χ1) is 8.38. The lowest BCUT2D eigenvalue weighted by atomic mass is 10.2. The molecule has 7 heteroatoms. The normalized spacial score (nSPS) is 14.7. The monoisotopic (exact) mass is 270 g/mol. The van der Waals surface area contributed by atoms with Gasteiger partial charge < -0.3 is 10.1 Å². The summed E-state index contributed by atoms with van der Waals surface area (Å²) < 4.78 is 30.0. The molecule has 0 fully saturated rings. The van der Waals surface area contributed by atoms with Gasteiger partial charge in [-0.2, -0.15) is 0 Å². The minimum atomic E-state index is -3.34. The second kappa shape index (κ2) is 4.49. The van der Waals surface area contributed by atoms with Crippen LogP contribution in [0.1, 0.15) is 6.92 Å². The lowest BCUT2D eigenvalue weighted by molar-refractivity contribution is -0.114. The molecule has 1 aromatic rings. The molecule has 0 aliphatic carbocycles. The highest BCUT2D eigenvalue weighted by Crippen LogP contribution is 2.35. The Kier molecular flexibility index (Phi) is 3.16. The predicted octanol–water partition coefficient (Wildman–Crippen LogP) is 0.803. The summed E-state index contributed by atoms with van der Waals surface area (Å²) in [6.07, 6.45) is 1.15. The zero-order valence-corrected chi connectivity index (χ0v) is 11.0. The molecule has 0 saturated heterocycles. The number of benzene rings is 1. The largest absolute Gasteiger partial charge is 0.489 e. The smallest absolute Gasteiger partial charge is 0.232 e. The molecule has 2 rings (SSSR count). The molecule has 0 atom stereocenters. The summed E-state index contributed by atoms with van der Waals surface area (Å²) in [6, 6.07) is 4.92. The number of hydrogen-bond donors (Lipinski definition) is 1. The minimum Gasteiger partial charge on any atom is -0.489 e. The highest BCUT2D eigenvalue weighted by molar-refractivity contribution is 7.92. The second-order valence-corrected chi connectivity index (χ2v) is 5.95. The Hall–Kier alpha value is -1.76. The number of rotatable bonds is 2. The van der Waals surface area contributed by atoms with Crippen molar-refractivity contribution in [1.82, 2.24) is 0 Å². The van der Waals surface area contributed by atoms with Crippen LogP contribution in [0.15, 0.2) is 18.2 Å². The Labute approximate surface area is 106 Å². The number of hydrogen-bond acceptors (Lipinski definition) is 4. The van der Waals surface area contributed by atoms with E-state index in [0.717, 1.165) is 6.26 Å². The number of nitrogens with zero attached hydrogens (tertiary/aromatic N) is 1. The molecule has 18 heavy (non-hydrogen) atoms. The standard InChI is InChI=1S/C11H14N2O4S/c1-8(14)12-9-3-4-11-10(7-9)13(5-6-17-11)18(2,15)16/h3-4,7H,5-6H2,1-2H3,(H,12,14). The molecule has 6 nitrogen and oxygen atoms in total. The molecule has 98 valence electrons. The average molecular weight is 270 g/mol. The van der Waals surface area contributed by atoms with Crippen molar-refractivity contribution in [1.29, 1.82) is 0 Å². The van der Waals surface area contributed by atoms with Gasteiger partial charge in [0, 0.05) is 12.6 Å². The van der Waals surface area contributed by atoms with E-state index in [4.69, 9.17) is 4.74 Å². The van der Waals surface area contributed by atoms with Gasteiger partial charge in [0.2, 0.25) is 15.9 Å². The van der Waals surface area contributed by atoms with Gasteiger partial charge in [-0.1, -0.05) is 0 Å². The first-order valence-corrected chi connectivity index (χ1v) is 7.25. The molecule has 0 aromatic heterocycles. The van der Waals surface area contributed by atoms with E-state index in [0.29, 0.717) is 23.7 Å². The van der Waals surface area contributed by atoms with E-state index in [2.05, 4.69) is 5.32 Å². The summed E-state index contributed by atoms with van der Waals surface area (Å²) in [6.45, 7) is 1.99. The van der Waals surface area contributed by atoms with E-state index < -0.39 is 10.0 Å². The Morgan fingerprint density at radius 1 is 1.44 bits per heavy atom. The number of amides is 1. The average Bonchev–Trinajstić information content (AvgIpc) is 2.26. The molecule has 0 bridgehead atoms. The summed E-state index contributed by atoms with van der Waals surface area (Å²) in [4.78, 5) is 11.0. The van der Waals surface area contributed by atoms with Crippen LogP contribution in [0.5, 0.6) is 5.75 Å². The zero-order chi connectivity index (χ0) is 13.3. The van der Waals surface area contributed by atoms with E-state index in [1.54, 1.807) is 18.2 Å². The molecule has 1 aliphatic rings. The number of sulfonamides is 1. The summed E-state index contributed by atoms with van der Waals surface area (Å²) in [5.74, 6) is 0.290. The van der Waals surface area contributed by atoms with Crippen LogP contribution in [0.25, 0.3) is 0 Å². The van der Waals surface area contributed by atoms with E-state index in [1.807, 2.05) is 0 Å². The molecule has 1 amide bonds. The van der Waals surface area contributed by atoms with Crippen molar-refractivity contribution in [3.8, 4) is 5.75 Å². The summed E-state index contributed by atoms with van der Waals surface area (Å²) >= 11 is 0. The number of carbonyl (C=O) groups is 1. The van der Waals surface area contributed by atoms with Crippen LogP contribution in [0.4, 0.5) is 11.4 Å². The second-order valence-electron chi connectivity index (χ2n) is 4.05. The predicted molar refractivity (Wildman–Crippen MR) is 68.4 cm³/mol. The van der Waals surface area contributed by atoms with Gasteiger partial charge in [0.25, 0.3) is 0 Å². The quantitative estimate of drug-likeness (QED) is 0.862. The highest BCUT2D eigenvalue weighted by Gasteiger charge is 2.25. The molecule has 0 saturated carbocycles. The summed E-state index contributed by atoms with van der Waals surface area (Å²) in [5.41, 5.74) is 0.996. The van der Waals surface area contributed by atoms with Crippen LogP contribution in [0.3, 0.4) is 0 Å². The fourth-order valence-electron chi connectivity index (χ4n) is 1.82. The maximum absolute atomic E-state index is 11.7. The zero-order valence-electron chi connectivity index (χ0n) is 10.1. The third kappa shape index (κ3) is 2.56. The summed E-state index contributed by atoms with van der Waals surface area (Å²) in [7, 11) is -3.34. The van der Waals surface area contributed by atoms with Crippen LogP contribution >= 0.6 is 0 Å². The van der Waals surface area contributed by atoms with Gasteiger partial charge in [-0.25, -0.2) is 8.42 Å². The van der Waals surface area contributed by atoms with Gasteiger partial charge in [-0.15, -0.1) is 0 Å². The fraction of sp³-hybridized carbons (Fsp3) is 0.364. The molecule has 0 spiro atoms. The molecule has 0 radical (unpaired) electrons. The number of ether oxygens (including phenoxy) is 1. The van der Waals surface area contributed by atoms with Crippen LogP contribution in [-0.2, 0) is 14.8 Å².